The van der Waals surface area contributed by atoms with Crippen molar-refractivity contribution in [3.63, 3.8) is 0 Å². The molecule has 0 amide bonds. The van der Waals surface area contributed by atoms with Gasteiger partial charge in [0, 0.05) is 6.42 Å². The quantitative estimate of drug-likeness (QED) is 0.558. The fourth-order valence-corrected chi connectivity index (χ4v) is 1.03. The van der Waals surface area contributed by atoms with E-state index in [9.17, 15) is 9.18 Å². The predicted molar refractivity (Wildman–Crippen MR) is 41.7 cm³/mol. The van der Waals surface area contributed by atoms with Crippen LogP contribution in [0.5, 0.6) is 0 Å². The highest BCUT2D eigenvalue weighted by Crippen LogP contribution is 2.10. The van der Waals surface area contributed by atoms with Crippen molar-refractivity contribution < 1.29 is 9.18 Å². The average molecular weight is 218 g/mol. The summed E-state index contributed by atoms with van der Waals surface area (Å²) in [5.41, 5.74) is 0.175. The lowest BCUT2D eigenvalue weighted by atomic mass is 10.3. The fraction of sp³-hybridized carbons (Fsp3) is 0.143. The third-order valence-electron chi connectivity index (χ3n) is 1.16. The number of halogens is 2. The molecule has 0 N–H and O–H groups in total. The molecule has 0 fully saturated rings. The molecule has 1 aromatic heterocycles. The Hall–Kier alpha value is -0.770. The van der Waals surface area contributed by atoms with Crippen LogP contribution in [-0.4, -0.2) is 11.3 Å². The summed E-state index contributed by atoms with van der Waals surface area (Å²) in [6, 6.07) is 2.76. The van der Waals surface area contributed by atoms with Gasteiger partial charge in [-0.1, -0.05) is 0 Å². The van der Waals surface area contributed by atoms with Gasteiger partial charge in [0.2, 0.25) is 0 Å². The van der Waals surface area contributed by atoms with Crippen LogP contribution in [0, 0.1) is 5.82 Å². The van der Waals surface area contributed by atoms with E-state index in [0.717, 1.165) is 0 Å². The summed E-state index contributed by atoms with van der Waals surface area (Å²) in [5, 5.41) is 0. The number of aromatic nitrogens is 1. The predicted octanol–water partition coefficient (Wildman–Crippen LogP) is 1.72. The molecule has 0 aromatic carbocycles. The van der Waals surface area contributed by atoms with Gasteiger partial charge in [-0.25, -0.2) is 9.37 Å². The standard InChI is InChI=1S/C7H5BrFNO/c8-7-2-1-5(9)6(10-7)3-4-11/h1-2,4H,3H2. The van der Waals surface area contributed by atoms with Crippen molar-refractivity contribution in [2.24, 2.45) is 0 Å². The molecule has 1 rings (SSSR count). The van der Waals surface area contributed by atoms with E-state index in [1.165, 1.54) is 12.1 Å². The van der Waals surface area contributed by atoms with Gasteiger partial charge in [0.05, 0.1) is 5.69 Å². The van der Waals surface area contributed by atoms with Crippen LogP contribution in [0.2, 0.25) is 0 Å². The van der Waals surface area contributed by atoms with Crippen molar-refractivity contribution in [1.29, 1.82) is 0 Å². The summed E-state index contributed by atoms with van der Waals surface area (Å²) in [5.74, 6) is -0.444. The monoisotopic (exact) mass is 217 g/mol. The number of aldehydes is 1. The van der Waals surface area contributed by atoms with E-state index >= 15 is 0 Å². The van der Waals surface area contributed by atoms with Crippen LogP contribution < -0.4 is 0 Å². The molecule has 58 valence electrons. The van der Waals surface area contributed by atoms with E-state index in [0.29, 0.717) is 10.9 Å². The van der Waals surface area contributed by atoms with Crippen LogP contribution in [0.15, 0.2) is 16.7 Å². The van der Waals surface area contributed by atoms with E-state index in [4.69, 9.17) is 0 Å². The molecule has 0 saturated heterocycles. The van der Waals surface area contributed by atoms with Gasteiger partial charge in [-0.05, 0) is 28.1 Å². The summed E-state index contributed by atoms with van der Waals surface area (Å²) in [7, 11) is 0. The van der Waals surface area contributed by atoms with E-state index in [-0.39, 0.29) is 12.1 Å². The van der Waals surface area contributed by atoms with Crippen molar-refractivity contribution in [2.75, 3.05) is 0 Å². The summed E-state index contributed by atoms with van der Waals surface area (Å²) in [6.07, 6.45) is 0.642. The van der Waals surface area contributed by atoms with Gasteiger partial charge in [0.25, 0.3) is 0 Å². The molecular formula is C7H5BrFNO. The number of carbonyl (C=O) groups excluding carboxylic acids is 1. The van der Waals surface area contributed by atoms with Crippen molar-refractivity contribution in [1.82, 2.24) is 4.98 Å². The molecule has 0 aliphatic rings. The lowest BCUT2D eigenvalue weighted by molar-refractivity contribution is -0.107. The summed E-state index contributed by atoms with van der Waals surface area (Å²) >= 11 is 3.07. The van der Waals surface area contributed by atoms with Crippen molar-refractivity contribution in [3.8, 4) is 0 Å². The van der Waals surface area contributed by atoms with Crippen molar-refractivity contribution in [3.05, 3.63) is 28.2 Å². The summed E-state index contributed by atoms with van der Waals surface area (Å²) < 4.78 is 13.3. The molecule has 0 aliphatic heterocycles. The second-order valence-electron chi connectivity index (χ2n) is 1.93. The Morgan fingerprint density at radius 2 is 2.36 bits per heavy atom. The Bertz CT molecular complexity index is 277. The van der Waals surface area contributed by atoms with E-state index in [2.05, 4.69) is 20.9 Å². The summed E-state index contributed by atoms with van der Waals surface area (Å²) in [4.78, 5) is 13.8. The number of pyridine rings is 1. The molecule has 0 atom stereocenters. The molecule has 0 spiro atoms. The third kappa shape index (κ3) is 2.08. The largest absolute Gasteiger partial charge is 0.303 e. The highest BCUT2D eigenvalue weighted by molar-refractivity contribution is 9.10. The fourth-order valence-electron chi connectivity index (χ4n) is 0.680. The Kier molecular flexibility index (Phi) is 2.70. The second kappa shape index (κ2) is 3.57. The van der Waals surface area contributed by atoms with Crippen molar-refractivity contribution in [2.45, 2.75) is 6.42 Å². The molecule has 0 unspecified atom stereocenters. The average Bonchev–Trinajstić information content (AvgIpc) is 1.98. The lowest BCUT2D eigenvalue weighted by Crippen LogP contribution is -1.95. The third-order valence-corrected chi connectivity index (χ3v) is 1.60. The Morgan fingerprint density at radius 3 is 3.00 bits per heavy atom. The maximum absolute atomic E-state index is 12.7. The first-order valence-corrected chi connectivity index (χ1v) is 3.78. The first-order valence-electron chi connectivity index (χ1n) is 2.98. The van der Waals surface area contributed by atoms with E-state index in [1.54, 1.807) is 0 Å². The normalized spacial score (nSPS) is 9.64. The molecule has 0 saturated carbocycles. The Balaban J connectivity index is 3.01. The van der Waals surface area contributed by atoms with Gasteiger partial charge >= 0.3 is 0 Å². The second-order valence-corrected chi connectivity index (χ2v) is 2.75. The molecule has 2 nitrogen and oxygen atoms in total. The topological polar surface area (TPSA) is 30.0 Å². The maximum atomic E-state index is 12.7. The number of hydrogen-bond donors (Lipinski definition) is 0. The number of nitrogens with zero attached hydrogens (tertiary/aromatic N) is 1. The maximum Gasteiger partial charge on any atom is 0.145 e. The zero-order valence-corrected chi connectivity index (χ0v) is 7.14. The smallest absolute Gasteiger partial charge is 0.145 e. The Morgan fingerprint density at radius 1 is 1.64 bits per heavy atom. The molecule has 11 heavy (non-hydrogen) atoms. The minimum Gasteiger partial charge on any atom is -0.303 e. The zero-order chi connectivity index (χ0) is 8.27. The van der Waals surface area contributed by atoms with Crippen LogP contribution in [0.4, 0.5) is 4.39 Å². The molecule has 1 aromatic rings. The highest BCUT2D eigenvalue weighted by Gasteiger charge is 2.02. The first kappa shape index (κ1) is 8.33. The van der Waals surface area contributed by atoms with Crippen LogP contribution in [0.25, 0.3) is 0 Å². The van der Waals surface area contributed by atoms with E-state index in [1.807, 2.05) is 0 Å². The van der Waals surface area contributed by atoms with Crippen LogP contribution in [-0.2, 0) is 11.2 Å². The van der Waals surface area contributed by atoms with E-state index < -0.39 is 5.82 Å². The number of rotatable bonds is 2. The van der Waals surface area contributed by atoms with Crippen molar-refractivity contribution >= 4 is 22.2 Å². The molecular weight excluding hydrogens is 213 g/mol. The van der Waals surface area contributed by atoms with Gasteiger partial charge in [-0.15, -0.1) is 0 Å². The van der Waals surface area contributed by atoms with Gasteiger partial charge in [0.15, 0.2) is 0 Å². The van der Waals surface area contributed by atoms with Crippen LogP contribution >= 0.6 is 15.9 Å². The minimum atomic E-state index is -0.444. The molecule has 0 radical (unpaired) electrons. The zero-order valence-electron chi connectivity index (χ0n) is 5.55. The summed E-state index contributed by atoms with van der Waals surface area (Å²) in [6.45, 7) is 0. The van der Waals surface area contributed by atoms with Gasteiger partial charge < -0.3 is 4.79 Å². The van der Waals surface area contributed by atoms with Crippen LogP contribution in [0.1, 0.15) is 5.69 Å². The highest BCUT2D eigenvalue weighted by atomic mass is 79.9. The SMILES string of the molecule is O=CCc1nc(Br)ccc1F. The van der Waals surface area contributed by atoms with Gasteiger partial charge in [-0.3, -0.25) is 0 Å². The lowest BCUT2D eigenvalue weighted by Gasteiger charge is -1.96. The molecule has 0 aliphatic carbocycles. The van der Waals surface area contributed by atoms with Crippen LogP contribution in [0.3, 0.4) is 0 Å². The molecule has 4 heteroatoms. The number of hydrogen-bond acceptors (Lipinski definition) is 2. The number of carbonyl (C=O) groups is 1. The minimum absolute atomic E-state index is 0.0191. The first-order chi connectivity index (χ1) is 5.24. The molecule has 0 bridgehead atoms. The molecule has 1 heterocycles. The van der Waals surface area contributed by atoms with Gasteiger partial charge in [0.1, 0.15) is 16.7 Å². The Labute approximate surface area is 71.6 Å². The van der Waals surface area contributed by atoms with Gasteiger partial charge in [-0.2, -0.15) is 0 Å².